The smallest absolute Gasteiger partial charge is 0.339 e. The molecule has 0 radical (unpaired) electrons. The van der Waals surface area contributed by atoms with Crippen molar-refractivity contribution in [2.45, 2.75) is 13.8 Å². The molecule has 1 atom stereocenters. The van der Waals surface area contributed by atoms with Crippen LogP contribution in [0.25, 0.3) is 5.57 Å². The Kier molecular flexibility index (Phi) is 7.98. The third-order valence-electron chi connectivity index (χ3n) is 4.54. The highest BCUT2D eigenvalue weighted by Crippen LogP contribution is 2.56. The van der Waals surface area contributed by atoms with Crippen molar-refractivity contribution in [1.82, 2.24) is 0 Å². The number of esters is 2. The van der Waals surface area contributed by atoms with Crippen molar-refractivity contribution >= 4 is 52.1 Å². The largest absolute Gasteiger partial charge is 0.464 e. The number of Topliss-reactive ketones (excluding diaryl/α,β-unsaturated/α-hetero) is 1. The van der Waals surface area contributed by atoms with Crippen LogP contribution < -0.4 is 0 Å². The Morgan fingerprint density at radius 1 is 1.19 bits per heavy atom. The lowest BCUT2D eigenvalue weighted by molar-refractivity contribution is -0.151. The molecule has 0 fully saturated rings. The number of carbonyl (C=O) groups excluding carboxylic acids is 3. The maximum Gasteiger partial charge on any atom is 0.339 e. The SMILES string of the molecule is CCOC(=O)C1=C(c2cccc(Br)c2)C(C#N)(C(=O)OCC)C(=O)C1=P(O)(OC)OC. The van der Waals surface area contributed by atoms with Gasteiger partial charge in [-0.2, -0.15) is 5.26 Å². The van der Waals surface area contributed by atoms with Crippen molar-refractivity contribution < 1.29 is 37.8 Å². The van der Waals surface area contributed by atoms with E-state index >= 15 is 0 Å². The first-order valence-electron chi connectivity index (χ1n) is 9.10. The molecule has 166 valence electrons. The second-order valence-corrected chi connectivity index (χ2v) is 9.26. The van der Waals surface area contributed by atoms with Crippen LogP contribution in [0.15, 0.2) is 34.3 Å². The van der Waals surface area contributed by atoms with E-state index in [1.165, 1.54) is 19.1 Å². The van der Waals surface area contributed by atoms with Gasteiger partial charge in [-0.15, -0.1) is 0 Å². The van der Waals surface area contributed by atoms with Gasteiger partial charge in [0.25, 0.3) is 7.57 Å². The molecule has 1 N–H and O–H groups in total. The number of rotatable bonds is 7. The molecule has 0 bridgehead atoms. The topological polar surface area (TPSA) is 132 Å². The predicted molar refractivity (Wildman–Crippen MR) is 116 cm³/mol. The van der Waals surface area contributed by atoms with E-state index in [-0.39, 0.29) is 24.4 Å². The van der Waals surface area contributed by atoms with Crippen molar-refractivity contribution in [2.75, 3.05) is 27.4 Å². The number of halogens is 1. The number of hydrogen-bond donors (Lipinski definition) is 1. The van der Waals surface area contributed by atoms with E-state index in [0.29, 0.717) is 4.47 Å². The van der Waals surface area contributed by atoms with Crippen LogP contribution in [0.4, 0.5) is 0 Å². The van der Waals surface area contributed by atoms with Gasteiger partial charge in [0.05, 0.1) is 24.9 Å². The summed E-state index contributed by atoms with van der Waals surface area (Å²) < 4.78 is 20.8. The van der Waals surface area contributed by atoms with Crippen molar-refractivity contribution in [2.24, 2.45) is 5.41 Å². The fourth-order valence-corrected chi connectivity index (χ4v) is 5.05. The summed E-state index contributed by atoms with van der Waals surface area (Å²) in [7, 11) is -1.99. The number of nitriles is 1. The first-order valence-corrected chi connectivity index (χ1v) is 11.5. The third-order valence-corrected chi connectivity index (χ3v) is 7.01. The van der Waals surface area contributed by atoms with Gasteiger partial charge in [0, 0.05) is 24.3 Å². The van der Waals surface area contributed by atoms with E-state index in [1.807, 2.05) is 0 Å². The van der Waals surface area contributed by atoms with Crippen LogP contribution >= 0.6 is 23.5 Å². The van der Waals surface area contributed by atoms with E-state index in [1.54, 1.807) is 25.1 Å². The van der Waals surface area contributed by atoms with Crippen molar-refractivity contribution in [1.29, 1.82) is 5.26 Å². The van der Waals surface area contributed by atoms with Crippen molar-refractivity contribution in [3.8, 4) is 6.07 Å². The molecular weight excluding hydrogens is 493 g/mol. The molecule has 1 aliphatic rings. The average molecular weight is 514 g/mol. The summed E-state index contributed by atoms with van der Waals surface area (Å²) in [6.45, 7) is 2.87. The Balaban J connectivity index is 3.16. The average Bonchev–Trinajstić information content (AvgIpc) is 3.03. The maximum atomic E-state index is 13.6. The zero-order chi connectivity index (χ0) is 23.4. The van der Waals surface area contributed by atoms with Gasteiger partial charge in [-0.25, -0.2) is 9.59 Å². The lowest BCUT2D eigenvalue weighted by Gasteiger charge is -2.22. The number of hydrogen-bond acceptors (Lipinski definition) is 9. The highest BCUT2D eigenvalue weighted by atomic mass is 79.9. The van der Waals surface area contributed by atoms with Gasteiger partial charge in [-0.3, -0.25) is 4.79 Å². The molecule has 0 heterocycles. The van der Waals surface area contributed by atoms with E-state index in [0.717, 1.165) is 14.2 Å². The van der Waals surface area contributed by atoms with Crippen LogP contribution in [0.5, 0.6) is 0 Å². The molecule has 0 saturated carbocycles. The number of ether oxygens (including phenoxy) is 2. The number of benzene rings is 1. The second kappa shape index (κ2) is 9.90. The van der Waals surface area contributed by atoms with Gasteiger partial charge in [0.2, 0.25) is 11.2 Å². The zero-order valence-electron chi connectivity index (χ0n) is 17.3. The molecule has 1 aliphatic carbocycles. The summed E-state index contributed by atoms with van der Waals surface area (Å²) in [5, 5.41) is 9.48. The molecule has 0 spiro atoms. The molecule has 11 heteroatoms. The Labute approximate surface area is 187 Å². The summed E-state index contributed by atoms with van der Waals surface area (Å²) >= 11 is 3.30. The molecule has 0 amide bonds. The highest BCUT2D eigenvalue weighted by molar-refractivity contribution is 9.10. The quantitative estimate of drug-likeness (QED) is 0.331. The molecular formula is C20H21BrNO8P. The predicted octanol–water partition coefficient (Wildman–Crippen LogP) is 2.64. The number of ketones is 1. The first-order chi connectivity index (χ1) is 14.7. The van der Waals surface area contributed by atoms with Gasteiger partial charge < -0.3 is 23.4 Å². The van der Waals surface area contributed by atoms with Crippen LogP contribution in [0.3, 0.4) is 0 Å². The van der Waals surface area contributed by atoms with Gasteiger partial charge in [-0.1, -0.05) is 28.1 Å². The van der Waals surface area contributed by atoms with Crippen LogP contribution in [0.1, 0.15) is 19.4 Å². The van der Waals surface area contributed by atoms with Crippen LogP contribution in [0.2, 0.25) is 0 Å². The minimum atomic E-state index is -4.15. The molecule has 0 aliphatic heterocycles. The van der Waals surface area contributed by atoms with Crippen LogP contribution in [0, 0.1) is 16.7 Å². The van der Waals surface area contributed by atoms with Crippen molar-refractivity contribution in [3.05, 3.63) is 39.9 Å². The van der Waals surface area contributed by atoms with Gasteiger partial charge in [-0.05, 0) is 31.5 Å². The molecule has 2 rings (SSSR count). The zero-order valence-corrected chi connectivity index (χ0v) is 19.8. The first kappa shape index (κ1) is 25.0. The van der Waals surface area contributed by atoms with Gasteiger partial charge in [0.15, 0.2) is 0 Å². The Hall–Kier alpha value is -2.28. The van der Waals surface area contributed by atoms with Crippen molar-refractivity contribution in [3.63, 3.8) is 0 Å². The molecule has 1 aromatic rings. The molecule has 0 saturated heterocycles. The maximum absolute atomic E-state index is 13.6. The Bertz CT molecular complexity index is 1050. The lowest BCUT2D eigenvalue weighted by Crippen LogP contribution is -2.40. The monoisotopic (exact) mass is 513 g/mol. The van der Waals surface area contributed by atoms with Crippen LogP contribution in [-0.2, 0) is 32.9 Å². The fourth-order valence-electron chi connectivity index (χ4n) is 3.23. The van der Waals surface area contributed by atoms with E-state index in [2.05, 4.69) is 15.9 Å². The summed E-state index contributed by atoms with van der Waals surface area (Å²) in [5.41, 5.74) is -3.09. The minimum Gasteiger partial charge on any atom is -0.464 e. The van der Waals surface area contributed by atoms with E-state index in [9.17, 15) is 24.5 Å². The molecule has 1 unspecified atom stereocenters. The van der Waals surface area contributed by atoms with Crippen LogP contribution in [-0.4, -0.2) is 55.3 Å². The third kappa shape index (κ3) is 4.12. The van der Waals surface area contributed by atoms with E-state index < -0.39 is 41.6 Å². The summed E-state index contributed by atoms with van der Waals surface area (Å²) in [6, 6.07) is 8.04. The van der Waals surface area contributed by atoms with Gasteiger partial charge in [0.1, 0.15) is 5.29 Å². The summed E-state index contributed by atoms with van der Waals surface area (Å²) in [5.74, 6) is -3.37. The number of nitrogens with zero attached hydrogens (tertiary/aromatic N) is 1. The highest BCUT2D eigenvalue weighted by Gasteiger charge is 2.63. The standard InChI is InChI=1S/C20H21BrNO8P/c1-5-29-18(24)14-15(12-8-7-9-13(21)10-12)20(11-22,19(25)30-6-2)17(23)16(14)31(26,27-3)28-4/h7-10,26H,5-6H2,1-4H3. The molecule has 1 aromatic carbocycles. The number of carbonyl (C=O) groups is 3. The summed E-state index contributed by atoms with van der Waals surface area (Å²) in [6.07, 6.45) is 0. The Morgan fingerprint density at radius 2 is 1.81 bits per heavy atom. The summed E-state index contributed by atoms with van der Waals surface area (Å²) in [4.78, 5) is 50.6. The van der Waals surface area contributed by atoms with E-state index in [4.69, 9.17) is 18.5 Å². The minimum absolute atomic E-state index is 0.0641. The van der Waals surface area contributed by atoms with Gasteiger partial charge >= 0.3 is 11.9 Å². The molecule has 31 heavy (non-hydrogen) atoms. The molecule has 9 nitrogen and oxygen atoms in total. The lowest BCUT2D eigenvalue weighted by atomic mass is 9.78. The second-order valence-electron chi connectivity index (χ2n) is 6.13. The fraction of sp³-hybridized carbons (Fsp3) is 0.350. The Morgan fingerprint density at radius 3 is 2.29 bits per heavy atom. The normalized spacial score (nSPS) is 18.7. The molecule has 0 aromatic heterocycles.